The summed E-state index contributed by atoms with van der Waals surface area (Å²) in [6.07, 6.45) is -0.0771. The average Bonchev–Trinajstić information content (AvgIpc) is 2.47. The summed E-state index contributed by atoms with van der Waals surface area (Å²) in [5, 5.41) is 12.6. The highest BCUT2D eigenvalue weighted by Crippen LogP contribution is 2.20. The predicted octanol–water partition coefficient (Wildman–Crippen LogP) is 1.28. The first-order valence-electron chi connectivity index (χ1n) is 3.75. The van der Waals surface area contributed by atoms with E-state index in [1.807, 2.05) is 0 Å². The molecule has 2 rings (SSSR count). The first-order valence-corrected chi connectivity index (χ1v) is 3.75. The van der Waals surface area contributed by atoms with E-state index in [1.165, 1.54) is 12.3 Å². The van der Waals surface area contributed by atoms with Gasteiger partial charge in [0.1, 0.15) is 5.52 Å². The molecule has 0 aliphatic heterocycles. The van der Waals surface area contributed by atoms with Crippen LogP contribution < -0.4 is 5.73 Å². The summed E-state index contributed by atoms with van der Waals surface area (Å²) in [5.41, 5.74) is 5.54. The van der Waals surface area contributed by atoms with Crippen LogP contribution >= 0.6 is 0 Å². The lowest BCUT2D eigenvalue weighted by Gasteiger charge is -1.98. The zero-order valence-electron chi connectivity index (χ0n) is 6.94. The van der Waals surface area contributed by atoms with Gasteiger partial charge in [0.25, 0.3) is 0 Å². The molecule has 14 heavy (non-hydrogen) atoms. The van der Waals surface area contributed by atoms with E-state index >= 15 is 0 Å². The summed E-state index contributed by atoms with van der Waals surface area (Å²) in [4.78, 5) is 10.6. The molecule has 1 heterocycles. The molecule has 0 bridgehead atoms. The summed E-state index contributed by atoms with van der Waals surface area (Å²) in [6, 6.07) is 2.52. The molecular weight excluding hydrogens is 189 g/mol. The number of carboxylic acid groups (broad SMARTS) is 1. The lowest BCUT2D eigenvalue weighted by atomic mass is 10.2. The lowest BCUT2D eigenvalue weighted by Crippen LogP contribution is -2.10. The zero-order valence-corrected chi connectivity index (χ0v) is 6.94. The van der Waals surface area contributed by atoms with Gasteiger partial charge in [-0.2, -0.15) is 9.78 Å². The van der Waals surface area contributed by atoms with E-state index < -0.39 is 11.9 Å². The maximum absolute atomic E-state index is 13.3. The average molecular weight is 195 g/mol. The zero-order chi connectivity index (χ0) is 10.3. The molecule has 0 atom stereocenters. The normalized spacial score (nSPS) is 10.6. The van der Waals surface area contributed by atoms with Crippen LogP contribution in [0.25, 0.3) is 10.9 Å². The van der Waals surface area contributed by atoms with Gasteiger partial charge in [0.2, 0.25) is 0 Å². The summed E-state index contributed by atoms with van der Waals surface area (Å²) >= 11 is 0. The Morgan fingerprint density at radius 2 is 2.29 bits per heavy atom. The van der Waals surface area contributed by atoms with Gasteiger partial charge >= 0.3 is 6.09 Å². The Balaban J connectivity index is 2.85. The highest BCUT2D eigenvalue weighted by molar-refractivity contribution is 5.89. The lowest BCUT2D eigenvalue weighted by molar-refractivity contribution is 0.193. The fraction of sp³-hybridized carbons (Fsp3) is 0. The highest BCUT2D eigenvalue weighted by Gasteiger charge is 2.13. The number of aromatic nitrogens is 2. The Morgan fingerprint density at radius 3 is 2.93 bits per heavy atom. The number of anilines is 1. The van der Waals surface area contributed by atoms with Gasteiger partial charge in [-0.25, -0.2) is 9.18 Å². The fourth-order valence-electron chi connectivity index (χ4n) is 1.29. The molecule has 0 fully saturated rings. The molecule has 1 aromatic carbocycles. The predicted molar refractivity (Wildman–Crippen MR) is 47.5 cm³/mol. The number of hydrogen-bond acceptors (Lipinski definition) is 3. The number of nitrogens with two attached hydrogens (primary N) is 1. The van der Waals surface area contributed by atoms with E-state index in [4.69, 9.17) is 10.8 Å². The van der Waals surface area contributed by atoms with Gasteiger partial charge in [-0.05, 0) is 12.1 Å². The summed E-state index contributed by atoms with van der Waals surface area (Å²) in [5.74, 6) is -0.695. The molecule has 0 amide bonds. The standard InChI is InChI=1S/C8H6FN3O2/c9-6-2-5(10)1-4-3-11-12(7(4)6)8(13)14/h1-3H,10H2,(H,13,14). The smallest absolute Gasteiger partial charge is 0.432 e. The molecule has 0 unspecified atom stereocenters. The van der Waals surface area contributed by atoms with Gasteiger partial charge < -0.3 is 10.8 Å². The number of nitrogens with zero attached hydrogens (tertiary/aromatic N) is 2. The second kappa shape index (κ2) is 2.69. The van der Waals surface area contributed by atoms with Crippen LogP contribution in [0.3, 0.4) is 0 Å². The van der Waals surface area contributed by atoms with Crippen LogP contribution in [0.15, 0.2) is 18.3 Å². The summed E-state index contributed by atoms with van der Waals surface area (Å²) in [7, 11) is 0. The SMILES string of the molecule is Nc1cc(F)c2c(cnn2C(=O)O)c1. The van der Waals surface area contributed by atoms with Gasteiger partial charge in [0.05, 0.1) is 6.20 Å². The molecule has 0 radical (unpaired) electrons. The number of rotatable bonds is 0. The maximum Gasteiger partial charge on any atom is 0.432 e. The molecule has 6 heteroatoms. The molecule has 5 nitrogen and oxygen atoms in total. The third kappa shape index (κ3) is 1.08. The van der Waals surface area contributed by atoms with Crippen LogP contribution in [0.4, 0.5) is 14.9 Å². The largest absolute Gasteiger partial charge is 0.463 e. The molecule has 0 spiro atoms. The van der Waals surface area contributed by atoms with E-state index in [9.17, 15) is 9.18 Å². The van der Waals surface area contributed by atoms with Gasteiger partial charge in [0, 0.05) is 11.1 Å². The minimum absolute atomic E-state index is 0.0771. The van der Waals surface area contributed by atoms with E-state index in [0.29, 0.717) is 10.1 Å². The maximum atomic E-state index is 13.3. The minimum Gasteiger partial charge on any atom is -0.463 e. The number of fused-ring (bicyclic) bond motifs is 1. The Morgan fingerprint density at radius 1 is 1.57 bits per heavy atom. The van der Waals surface area contributed by atoms with Crippen LogP contribution in [-0.2, 0) is 0 Å². The minimum atomic E-state index is -1.33. The number of benzene rings is 1. The van der Waals surface area contributed by atoms with Crippen LogP contribution in [0, 0.1) is 5.82 Å². The molecule has 0 aliphatic carbocycles. The molecule has 0 aliphatic rings. The molecule has 0 saturated heterocycles. The molecular formula is C8H6FN3O2. The van der Waals surface area contributed by atoms with E-state index in [-0.39, 0.29) is 11.2 Å². The van der Waals surface area contributed by atoms with Crippen molar-refractivity contribution in [2.75, 3.05) is 5.73 Å². The second-order valence-electron chi connectivity index (χ2n) is 2.78. The Bertz CT molecular complexity index is 521. The van der Waals surface area contributed by atoms with E-state index in [0.717, 1.165) is 6.07 Å². The molecule has 0 saturated carbocycles. The molecule has 2 aromatic rings. The van der Waals surface area contributed by atoms with Crippen molar-refractivity contribution in [3.8, 4) is 0 Å². The first kappa shape index (κ1) is 8.49. The highest BCUT2D eigenvalue weighted by atomic mass is 19.1. The van der Waals surface area contributed by atoms with Crippen molar-refractivity contribution in [3.63, 3.8) is 0 Å². The fourth-order valence-corrected chi connectivity index (χ4v) is 1.29. The Kier molecular flexibility index (Phi) is 1.63. The van der Waals surface area contributed by atoms with Crippen molar-refractivity contribution in [2.24, 2.45) is 0 Å². The number of hydrogen-bond donors (Lipinski definition) is 2. The number of carbonyl (C=O) groups is 1. The van der Waals surface area contributed by atoms with Crippen LogP contribution in [0.5, 0.6) is 0 Å². The van der Waals surface area contributed by atoms with Crippen molar-refractivity contribution in [1.29, 1.82) is 0 Å². The van der Waals surface area contributed by atoms with Crippen molar-refractivity contribution in [2.45, 2.75) is 0 Å². The van der Waals surface area contributed by atoms with Crippen molar-refractivity contribution in [3.05, 3.63) is 24.1 Å². The summed E-state index contributed by atoms with van der Waals surface area (Å²) in [6.45, 7) is 0. The van der Waals surface area contributed by atoms with Gasteiger partial charge in [-0.3, -0.25) is 0 Å². The second-order valence-corrected chi connectivity index (χ2v) is 2.78. The van der Waals surface area contributed by atoms with Gasteiger partial charge in [-0.15, -0.1) is 0 Å². The number of nitrogen functional groups attached to an aromatic ring is 1. The van der Waals surface area contributed by atoms with E-state index in [1.54, 1.807) is 0 Å². The van der Waals surface area contributed by atoms with Crippen molar-refractivity contribution < 1.29 is 14.3 Å². The molecule has 72 valence electrons. The topological polar surface area (TPSA) is 81.1 Å². The Labute approximate surface area is 77.5 Å². The molecule has 3 N–H and O–H groups in total. The third-order valence-corrected chi connectivity index (χ3v) is 1.82. The van der Waals surface area contributed by atoms with Gasteiger partial charge in [0.15, 0.2) is 5.82 Å². The van der Waals surface area contributed by atoms with Crippen molar-refractivity contribution >= 4 is 22.7 Å². The molecule has 1 aromatic heterocycles. The van der Waals surface area contributed by atoms with E-state index in [2.05, 4.69) is 5.10 Å². The monoisotopic (exact) mass is 195 g/mol. The Hall–Kier alpha value is -2.11. The van der Waals surface area contributed by atoms with Crippen LogP contribution in [0.2, 0.25) is 0 Å². The first-order chi connectivity index (χ1) is 6.59. The number of halogens is 1. The van der Waals surface area contributed by atoms with Crippen LogP contribution in [-0.4, -0.2) is 21.0 Å². The quantitative estimate of drug-likeness (QED) is 0.620. The van der Waals surface area contributed by atoms with Crippen molar-refractivity contribution in [1.82, 2.24) is 9.78 Å². The van der Waals surface area contributed by atoms with Gasteiger partial charge in [-0.1, -0.05) is 0 Å². The van der Waals surface area contributed by atoms with Crippen LogP contribution in [0.1, 0.15) is 0 Å². The summed E-state index contributed by atoms with van der Waals surface area (Å²) < 4.78 is 13.9. The third-order valence-electron chi connectivity index (χ3n) is 1.82.